The summed E-state index contributed by atoms with van der Waals surface area (Å²) in [5.41, 5.74) is 6.58. The van der Waals surface area contributed by atoms with Crippen molar-refractivity contribution >= 4 is 49.6 Å². The highest BCUT2D eigenvalue weighted by atomic mass is 32.1. The number of thiazole rings is 1. The van der Waals surface area contributed by atoms with Gasteiger partial charge in [0.05, 0.1) is 32.9 Å². The van der Waals surface area contributed by atoms with Crippen LogP contribution in [0.5, 0.6) is 0 Å². The topological polar surface area (TPSA) is 100 Å². The standard InChI is InChI=1S/C18H15FN4O3S/c1-21-13-10-6-27-17-12(18(25)26)16(24)8-4-9(19)15(11(13)14(8)23(10)17)22-3-2-7(20)5-22/h4,6-7H,2-3,5,20H2,1H3,(H,25,26). The van der Waals surface area contributed by atoms with E-state index in [1.54, 1.807) is 16.8 Å². The SMILES string of the molecule is CN=c1c2c(N3CCC(N)C3)c(F)cc3c(=O)c(C(=O)O)c4scc1n4c32. The van der Waals surface area contributed by atoms with Crippen LogP contribution >= 0.6 is 11.3 Å². The fraction of sp³-hybridized carbons (Fsp3) is 0.278. The van der Waals surface area contributed by atoms with Crippen LogP contribution in [0.15, 0.2) is 21.2 Å². The van der Waals surface area contributed by atoms with Crippen LogP contribution in [0.2, 0.25) is 0 Å². The lowest BCUT2D eigenvalue weighted by Gasteiger charge is -2.20. The smallest absolute Gasteiger partial charge is 0.342 e. The van der Waals surface area contributed by atoms with Crippen LogP contribution in [0.25, 0.3) is 26.6 Å². The first-order valence-electron chi connectivity index (χ1n) is 8.47. The number of hydrogen-bond donors (Lipinski definition) is 2. The average molecular weight is 386 g/mol. The number of pyridine rings is 1. The maximum Gasteiger partial charge on any atom is 0.342 e. The summed E-state index contributed by atoms with van der Waals surface area (Å²) in [5, 5.41) is 12.5. The lowest BCUT2D eigenvalue weighted by Crippen LogP contribution is -2.28. The van der Waals surface area contributed by atoms with Crippen molar-refractivity contribution in [3.8, 4) is 0 Å². The van der Waals surface area contributed by atoms with E-state index in [-0.39, 0.29) is 17.0 Å². The van der Waals surface area contributed by atoms with Crippen molar-refractivity contribution in [2.75, 3.05) is 25.0 Å². The van der Waals surface area contributed by atoms with Crippen LogP contribution in [-0.4, -0.2) is 41.7 Å². The summed E-state index contributed by atoms with van der Waals surface area (Å²) in [6.07, 6.45) is 0.754. The van der Waals surface area contributed by atoms with Crippen molar-refractivity contribution in [1.82, 2.24) is 4.40 Å². The molecule has 1 aromatic carbocycles. The zero-order valence-corrected chi connectivity index (χ0v) is 15.1. The van der Waals surface area contributed by atoms with Crippen LogP contribution < -0.4 is 21.4 Å². The number of rotatable bonds is 2. The van der Waals surface area contributed by atoms with Crippen molar-refractivity contribution in [3.63, 3.8) is 0 Å². The van der Waals surface area contributed by atoms with E-state index in [0.29, 0.717) is 45.4 Å². The molecule has 0 aliphatic carbocycles. The average Bonchev–Trinajstić information content (AvgIpc) is 3.29. The largest absolute Gasteiger partial charge is 0.477 e. The number of benzene rings is 1. The Morgan fingerprint density at radius 1 is 1.48 bits per heavy atom. The fourth-order valence-electron chi connectivity index (χ4n) is 4.21. The molecule has 0 saturated carbocycles. The number of carboxylic acid groups (broad SMARTS) is 1. The number of nitrogens with zero attached hydrogens (tertiary/aromatic N) is 3. The molecule has 1 unspecified atom stereocenters. The molecule has 4 heterocycles. The van der Waals surface area contributed by atoms with E-state index in [1.165, 1.54) is 11.3 Å². The summed E-state index contributed by atoms with van der Waals surface area (Å²) in [6, 6.07) is 1.11. The van der Waals surface area contributed by atoms with E-state index in [0.717, 1.165) is 12.5 Å². The summed E-state index contributed by atoms with van der Waals surface area (Å²) in [7, 11) is 1.61. The molecular formula is C18H15FN4O3S. The van der Waals surface area contributed by atoms with Gasteiger partial charge in [0, 0.05) is 31.6 Å². The lowest BCUT2D eigenvalue weighted by molar-refractivity contribution is 0.0697. The number of carboxylic acids is 1. The predicted molar refractivity (Wildman–Crippen MR) is 102 cm³/mol. The Labute approximate surface area is 155 Å². The molecule has 1 fully saturated rings. The Kier molecular flexibility index (Phi) is 3.26. The molecule has 5 rings (SSSR count). The summed E-state index contributed by atoms with van der Waals surface area (Å²) >= 11 is 1.18. The number of aromatic carboxylic acids is 1. The third-order valence-electron chi connectivity index (χ3n) is 5.32. The quantitative estimate of drug-likeness (QED) is 0.543. The van der Waals surface area contributed by atoms with Gasteiger partial charge in [0.2, 0.25) is 5.43 Å². The molecule has 4 aromatic rings. The summed E-state index contributed by atoms with van der Waals surface area (Å²) < 4.78 is 16.9. The summed E-state index contributed by atoms with van der Waals surface area (Å²) in [6.45, 7) is 1.14. The maximum absolute atomic E-state index is 15.2. The minimum Gasteiger partial charge on any atom is -0.477 e. The molecule has 0 bridgehead atoms. The molecule has 138 valence electrons. The predicted octanol–water partition coefficient (Wildman–Crippen LogP) is 1.45. The molecule has 0 amide bonds. The molecule has 3 N–H and O–H groups in total. The van der Waals surface area contributed by atoms with Crippen molar-refractivity contribution < 1.29 is 14.3 Å². The van der Waals surface area contributed by atoms with Crippen molar-refractivity contribution in [3.05, 3.63) is 38.4 Å². The number of halogens is 1. The Balaban J connectivity index is 2.06. The molecule has 1 saturated heterocycles. The molecule has 9 heteroatoms. The minimum atomic E-state index is -1.32. The molecular weight excluding hydrogens is 371 g/mol. The van der Waals surface area contributed by atoms with Gasteiger partial charge < -0.3 is 15.7 Å². The first kappa shape index (κ1) is 16.4. The highest BCUT2D eigenvalue weighted by Crippen LogP contribution is 2.37. The molecule has 27 heavy (non-hydrogen) atoms. The molecule has 1 atom stereocenters. The maximum atomic E-state index is 15.2. The molecule has 3 aromatic heterocycles. The zero-order chi connectivity index (χ0) is 19.0. The Morgan fingerprint density at radius 3 is 2.89 bits per heavy atom. The van der Waals surface area contributed by atoms with E-state index in [1.807, 2.05) is 4.90 Å². The summed E-state index contributed by atoms with van der Waals surface area (Å²) in [4.78, 5) is 31.1. The fourth-order valence-corrected chi connectivity index (χ4v) is 5.25. The van der Waals surface area contributed by atoms with Gasteiger partial charge in [-0.2, -0.15) is 0 Å². The van der Waals surface area contributed by atoms with Gasteiger partial charge >= 0.3 is 5.97 Å². The van der Waals surface area contributed by atoms with Gasteiger partial charge in [-0.05, 0) is 12.5 Å². The normalized spacial score (nSPS) is 18.7. The highest BCUT2D eigenvalue weighted by Gasteiger charge is 2.30. The Bertz CT molecular complexity index is 1360. The second-order valence-corrected chi connectivity index (χ2v) is 7.67. The van der Waals surface area contributed by atoms with Crippen LogP contribution in [0, 0.1) is 5.82 Å². The van der Waals surface area contributed by atoms with Crippen LogP contribution in [0.4, 0.5) is 10.1 Å². The molecule has 0 radical (unpaired) electrons. The van der Waals surface area contributed by atoms with Crippen molar-refractivity contribution in [2.45, 2.75) is 12.5 Å². The van der Waals surface area contributed by atoms with Gasteiger partial charge in [-0.25, -0.2) is 9.18 Å². The molecule has 7 nitrogen and oxygen atoms in total. The van der Waals surface area contributed by atoms with Crippen LogP contribution in [0.1, 0.15) is 16.8 Å². The highest BCUT2D eigenvalue weighted by molar-refractivity contribution is 7.16. The number of hydrogen-bond acceptors (Lipinski definition) is 6. The Morgan fingerprint density at radius 2 is 2.26 bits per heavy atom. The molecule has 1 aliphatic heterocycles. The Hall–Kier alpha value is -2.78. The second kappa shape index (κ2) is 5.37. The first-order valence-corrected chi connectivity index (χ1v) is 9.35. The van der Waals surface area contributed by atoms with Gasteiger partial charge in [0.25, 0.3) is 0 Å². The van der Waals surface area contributed by atoms with Gasteiger partial charge in [0.15, 0.2) is 0 Å². The number of carbonyl (C=O) groups is 1. The first-order chi connectivity index (χ1) is 12.9. The van der Waals surface area contributed by atoms with Gasteiger partial charge in [-0.3, -0.25) is 14.2 Å². The number of nitrogens with two attached hydrogens (primary N) is 1. The third kappa shape index (κ3) is 1.95. The van der Waals surface area contributed by atoms with E-state index >= 15 is 4.39 Å². The van der Waals surface area contributed by atoms with Crippen LogP contribution in [-0.2, 0) is 0 Å². The summed E-state index contributed by atoms with van der Waals surface area (Å²) in [5.74, 6) is -1.88. The van der Waals surface area contributed by atoms with Crippen LogP contribution in [0.3, 0.4) is 0 Å². The van der Waals surface area contributed by atoms with Gasteiger partial charge in [0.1, 0.15) is 16.2 Å². The number of anilines is 1. The monoisotopic (exact) mass is 386 g/mol. The van der Waals surface area contributed by atoms with Crippen molar-refractivity contribution in [2.24, 2.45) is 10.7 Å². The van der Waals surface area contributed by atoms with E-state index in [4.69, 9.17) is 5.73 Å². The van der Waals surface area contributed by atoms with Crippen molar-refractivity contribution in [1.29, 1.82) is 0 Å². The number of aromatic nitrogens is 1. The van der Waals surface area contributed by atoms with Gasteiger partial charge in [-0.15, -0.1) is 11.3 Å². The zero-order valence-electron chi connectivity index (χ0n) is 14.3. The minimum absolute atomic E-state index is 0.0404. The molecule has 1 aliphatic rings. The lowest BCUT2D eigenvalue weighted by atomic mass is 10.1. The third-order valence-corrected chi connectivity index (χ3v) is 6.27. The second-order valence-electron chi connectivity index (χ2n) is 6.82. The van der Waals surface area contributed by atoms with E-state index in [9.17, 15) is 14.7 Å². The van der Waals surface area contributed by atoms with Gasteiger partial charge in [-0.1, -0.05) is 0 Å². The van der Waals surface area contributed by atoms with E-state index < -0.39 is 17.2 Å². The molecule has 0 spiro atoms. The van der Waals surface area contributed by atoms with E-state index in [2.05, 4.69) is 4.99 Å².